The molecule has 4 atom stereocenters. The third-order valence-electron chi connectivity index (χ3n) is 4.26. The number of H-pyrrole nitrogens is 1. The minimum Gasteiger partial charge on any atom is -0.459 e. The number of aliphatic hydroxyl groups excluding tert-OH is 2. The van der Waals surface area contributed by atoms with E-state index in [1.807, 2.05) is 0 Å². The molecule has 1 saturated heterocycles. The first-order valence-corrected chi connectivity index (χ1v) is 7.99. The van der Waals surface area contributed by atoms with Gasteiger partial charge >= 0.3 is 5.69 Å². The molecule has 10 heteroatoms. The summed E-state index contributed by atoms with van der Waals surface area (Å²) in [5, 5.41) is 23.1. The molecular weight excluding hydrogens is 346 g/mol. The van der Waals surface area contributed by atoms with Gasteiger partial charge in [0.15, 0.2) is 5.76 Å². The Morgan fingerprint density at radius 2 is 2.15 bits per heavy atom. The van der Waals surface area contributed by atoms with E-state index in [9.17, 15) is 24.6 Å². The van der Waals surface area contributed by atoms with E-state index in [4.69, 9.17) is 9.15 Å². The van der Waals surface area contributed by atoms with Gasteiger partial charge in [-0.05, 0) is 19.1 Å². The Kier molecular flexibility index (Phi) is 5.07. The quantitative estimate of drug-likeness (QED) is 0.508. The van der Waals surface area contributed by atoms with Crippen molar-refractivity contribution in [3.8, 4) is 0 Å². The zero-order chi connectivity index (χ0) is 18.8. The first-order valence-electron chi connectivity index (χ1n) is 7.99. The van der Waals surface area contributed by atoms with Crippen LogP contribution in [0.4, 0.5) is 0 Å². The van der Waals surface area contributed by atoms with Crippen LogP contribution in [0.1, 0.15) is 16.1 Å². The molecule has 3 rings (SSSR count). The molecule has 26 heavy (non-hydrogen) atoms. The first-order chi connectivity index (χ1) is 12.4. The van der Waals surface area contributed by atoms with Gasteiger partial charge in [0.1, 0.15) is 18.3 Å². The lowest BCUT2D eigenvalue weighted by Crippen LogP contribution is -2.60. The van der Waals surface area contributed by atoms with E-state index >= 15 is 0 Å². The SMILES string of the molecule is Cc1cn(C[C@H]2OC[C@@H](NC(=O)c3ccco3)[C@H](O)[C@@H]2O)c(=O)[nH]c1=O. The number of carbonyl (C=O) groups excluding carboxylic acids is 1. The third kappa shape index (κ3) is 3.62. The molecule has 0 aliphatic carbocycles. The average molecular weight is 365 g/mol. The predicted octanol–water partition coefficient (Wildman–Crippen LogP) is -1.64. The number of nitrogens with one attached hydrogen (secondary N) is 2. The van der Waals surface area contributed by atoms with Crippen molar-refractivity contribution in [2.75, 3.05) is 6.61 Å². The van der Waals surface area contributed by atoms with E-state index in [1.54, 1.807) is 13.0 Å². The lowest BCUT2D eigenvalue weighted by atomic mass is 9.97. The van der Waals surface area contributed by atoms with E-state index < -0.39 is 41.5 Å². The van der Waals surface area contributed by atoms with Gasteiger partial charge in [-0.25, -0.2) is 4.79 Å². The van der Waals surface area contributed by atoms with Gasteiger partial charge in [0, 0.05) is 11.8 Å². The Hall–Kier alpha value is -2.69. The Balaban J connectivity index is 1.67. The van der Waals surface area contributed by atoms with Crippen molar-refractivity contribution in [2.24, 2.45) is 0 Å². The molecule has 2 aromatic rings. The van der Waals surface area contributed by atoms with E-state index in [0.29, 0.717) is 5.56 Å². The summed E-state index contributed by atoms with van der Waals surface area (Å²) in [6.07, 6.45) is -0.826. The molecule has 3 heterocycles. The molecule has 4 N–H and O–H groups in total. The standard InChI is InChI=1S/C16H19N3O7/c1-8-5-19(16(24)18-14(8)22)6-11-13(21)12(20)9(7-26-11)17-15(23)10-3-2-4-25-10/h2-5,9,11-13,20-21H,6-7H2,1H3,(H,17,23)(H,18,22,24)/t9-,11-,12+,13-/m1/s1. The largest absolute Gasteiger partial charge is 0.459 e. The molecule has 2 aromatic heterocycles. The van der Waals surface area contributed by atoms with Crippen LogP contribution in [0.15, 0.2) is 38.6 Å². The van der Waals surface area contributed by atoms with Crippen molar-refractivity contribution in [2.45, 2.75) is 37.8 Å². The van der Waals surface area contributed by atoms with Gasteiger partial charge in [-0.3, -0.25) is 19.1 Å². The summed E-state index contributed by atoms with van der Waals surface area (Å²) in [6.45, 7) is 1.42. The highest BCUT2D eigenvalue weighted by molar-refractivity contribution is 5.91. The van der Waals surface area contributed by atoms with Crippen LogP contribution in [0.5, 0.6) is 0 Å². The summed E-state index contributed by atoms with van der Waals surface area (Å²) in [7, 11) is 0. The van der Waals surface area contributed by atoms with E-state index in [0.717, 1.165) is 0 Å². The van der Waals surface area contributed by atoms with Crippen LogP contribution in [-0.2, 0) is 11.3 Å². The van der Waals surface area contributed by atoms with Crippen LogP contribution in [0.25, 0.3) is 0 Å². The number of hydrogen-bond acceptors (Lipinski definition) is 7. The van der Waals surface area contributed by atoms with Crippen LogP contribution in [0.2, 0.25) is 0 Å². The average Bonchev–Trinajstić information content (AvgIpc) is 3.14. The highest BCUT2D eigenvalue weighted by atomic mass is 16.5. The number of amides is 1. The lowest BCUT2D eigenvalue weighted by molar-refractivity contribution is -0.152. The Morgan fingerprint density at radius 3 is 2.85 bits per heavy atom. The van der Waals surface area contributed by atoms with Crippen LogP contribution < -0.4 is 16.6 Å². The van der Waals surface area contributed by atoms with Crippen LogP contribution in [0.3, 0.4) is 0 Å². The van der Waals surface area contributed by atoms with Crippen molar-refractivity contribution in [3.05, 3.63) is 56.8 Å². The highest BCUT2D eigenvalue weighted by Crippen LogP contribution is 2.17. The molecule has 1 aliphatic heterocycles. The molecule has 1 fully saturated rings. The molecule has 140 valence electrons. The number of aliphatic hydroxyl groups is 2. The van der Waals surface area contributed by atoms with Crippen LogP contribution >= 0.6 is 0 Å². The first kappa shape index (κ1) is 18.1. The van der Waals surface area contributed by atoms with Gasteiger partial charge in [-0.2, -0.15) is 0 Å². The fourth-order valence-corrected chi connectivity index (χ4v) is 2.77. The second kappa shape index (κ2) is 7.28. The van der Waals surface area contributed by atoms with Gasteiger partial charge in [0.05, 0.1) is 25.5 Å². The summed E-state index contributed by atoms with van der Waals surface area (Å²) >= 11 is 0. The Bertz CT molecular complexity index is 886. The molecule has 0 unspecified atom stereocenters. The number of carbonyl (C=O) groups is 1. The minimum atomic E-state index is -1.34. The van der Waals surface area contributed by atoms with Crippen molar-refractivity contribution >= 4 is 5.91 Å². The molecule has 0 bridgehead atoms. The van der Waals surface area contributed by atoms with Crippen LogP contribution in [-0.4, -0.2) is 56.6 Å². The Labute approximate surface area is 147 Å². The number of aromatic nitrogens is 2. The van der Waals surface area contributed by atoms with Gasteiger partial charge in [-0.1, -0.05) is 0 Å². The summed E-state index contributed by atoms with van der Waals surface area (Å²) in [5.41, 5.74) is -0.796. The van der Waals surface area contributed by atoms with Gasteiger partial charge in [-0.15, -0.1) is 0 Å². The molecule has 0 radical (unpaired) electrons. The van der Waals surface area contributed by atoms with Crippen LogP contribution in [0, 0.1) is 6.92 Å². The predicted molar refractivity (Wildman–Crippen MR) is 87.8 cm³/mol. The zero-order valence-corrected chi connectivity index (χ0v) is 13.9. The van der Waals surface area contributed by atoms with Gasteiger partial charge in [0.25, 0.3) is 11.5 Å². The molecule has 1 amide bonds. The van der Waals surface area contributed by atoms with E-state index in [1.165, 1.54) is 23.1 Å². The second-order valence-corrected chi connectivity index (χ2v) is 6.13. The Morgan fingerprint density at radius 1 is 1.38 bits per heavy atom. The number of aryl methyl sites for hydroxylation is 1. The maximum atomic E-state index is 12.0. The second-order valence-electron chi connectivity index (χ2n) is 6.13. The van der Waals surface area contributed by atoms with Crippen molar-refractivity contribution in [1.82, 2.24) is 14.9 Å². The van der Waals surface area contributed by atoms with Gasteiger partial charge in [0.2, 0.25) is 0 Å². The van der Waals surface area contributed by atoms with Crippen molar-refractivity contribution in [3.63, 3.8) is 0 Å². The number of aromatic amines is 1. The molecule has 0 aromatic carbocycles. The van der Waals surface area contributed by atoms with Crippen molar-refractivity contribution < 1.29 is 24.2 Å². The molecule has 0 saturated carbocycles. The molecule has 10 nitrogen and oxygen atoms in total. The van der Waals surface area contributed by atoms with E-state index in [2.05, 4.69) is 10.3 Å². The zero-order valence-electron chi connectivity index (χ0n) is 13.9. The summed E-state index contributed by atoms with van der Waals surface area (Å²) in [5.74, 6) is -0.468. The molecular formula is C16H19N3O7. The number of rotatable bonds is 4. The smallest absolute Gasteiger partial charge is 0.328 e. The number of furan rings is 1. The number of nitrogens with zero attached hydrogens (tertiary/aromatic N) is 1. The summed E-state index contributed by atoms with van der Waals surface area (Å²) in [6, 6.07) is 2.18. The van der Waals surface area contributed by atoms with Gasteiger partial charge < -0.3 is 24.7 Å². The van der Waals surface area contributed by atoms with Crippen molar-refractivity contribution in [1.29, 1.82) is 0 Å². The fourth-order valence-electron chi connectivity index (χ4n) is 2.77. The number of ether oxygens (including phenoxy) is 1. The number of hydrogen-bond donors (Lipinski definition) is 4. The minimum absolute atomic E-state index is 0.0620. The molecule has 0 spiro atoms. The maximum Gasteiger partial charge on any atom is 0.328 e. The summed E-state index contributed by atoms with van der Waals surface area (Å²) in [4.78, 5) is 37.4. The normalized spacial score (nSPS) is 25.8. The van der Waals surface area contributed by atoms with E-state index in [-0.39, 0.29) is 18.9 Å². The lowest BCUT2D eigenvalue weighted by Gasteiger charge is -2.37. The third-order valence-corrected chi connectivity index (χ3v) is 4.26. The summed E-state index contributed by atoms with van der Waals surface area (Å²) < 4.78 is 11.7. The molecule has 1 aliphatic rings. The topological polar surface area (TPSA) is 147 Å². The maximum absolute atomic E-state index is 12.0. The fraction of sp³-hybridized carbons (Fsp3) is 0.438. The monoisotopic (exact) mass is 365 g/mol. The highest BCUT2D eigenvalue weighted by Gasteiger charge is 2.39.